The summed E-state index contributed by atoms with van der Waals surface area (Å²) in [5, 5.41) is 0. The average molecular weight is 328 g/mol. The monoisotopic (exact) mass is 328 g/mol. The third-order valence-corrected chi connectivity index (χ3v) is 4.92. The molecule has 0 aliphatic carbocycles. The van der Waals surface area contributed by atoms with Gasteiger partial charge in [-0.1, -0.05) is 94.4 Å². The Hall–Kier alpha value is -2.34. The van der Waals surface area contributed by atoms with E-state index in [1.54, 1.807) is 0 Å². The summed E-state index contributed by atoms with van der Waals surface area (Å²) in [5.74, 6) is 0.999. The van der Waals surface area contributed by atoms with E-state index < -0.39 is 0 Å². The molecule has 0 aliphatic rings. The zero-order valence-corrected chi connectivity index (χ0v) is 16.0. The zero-order chi connectivity index (χ0) is 18.0. The Kier molecular flexibility index (Phi) is 5.08. The predicted octanol–water partition coefficient (Wildman–Crippen LogP) is 7.58. The lowest BCUT2D eigenvalue weighted by atomic mass is 9.78. The van der Waals surface area contributed by atoms with E-state index in [2.05, 4.69) is 101 Å². The molecule has 0 amide bonds. The van der Waals surface area contributed by atoms with Crippen LogP contribution in [0.25, 0.3) is 22.3 Å². The highest BCUT2D eigenvalue weighted by Gasteiger charge is 2.21. The fourth-order valence-electron chi connectivity index (χ4n) is 3.84. The van der Waals surface area contributed by atoms with E-state index in [-0.39, 0.29) is 0 Å². The predicted molar refractivity (Wildman–Crippen MR) is 110 cm³/mol. The molecule has 0 fully saturated rings. The molecule has 0 saturated heterocycles. The molecule has 0 atom stereocenters. The maximum absolute atomic E-state index is 2.41. The van der Waals surface area contributed by atoms with Gasteiger partial charge in [-0.25, -0.2) is 0 Å². The van der Waals surface area contributed by atoms with Crippen molar-refractivity contribution in [3.05, 3.63) is 83.4 Å². The van der Waals surface area contributed by atoms with Crippen LogP contribution >= 0.6 is 0 Å². The molecule has 3 aromatic rings. The van der Waals surface area contributed by atoms with Crippen LogP contribution in [0, 0.1) is 6.92 Å². The van der Waals surface area contributed by atoms with E-state index in [1.807, 2.05) is 0 Å². The van der Waals surface area contributed by atoms with Gasteiger partial charge in [-0.2, -0.15) is 0 Å². The molecule has 0 N–H and O–H groups in total. The zero-order valence-electron chi connectivity index (χ0n) is 16.0. The molecule has 3 aromatic carbocycles. The summed E-state index contributed by atoms with van der Waals surface area (Å²) < 4.78 is 0. The third kappa shape index (κ3) is 3.39. The molecular formula is C25H28. The second kappa shape index (κ2) is 7.27. The van der Waals surface area contributed by atoms with Gasteiger partial charge in [-0.15, -0.1) is 0 Å². The first kappa shape index (κ1) is 17.5. The SMILES string of the molecule is Cc1cc(C(C)C)c(C(C)C)c(-c2ccccc2)c1-c1ccccc1. The maximum atomic E-state index is 2.41. The number of hydrogen-bond acceptors (Lipinski definition) is 0. The number of hydrogen-bond donors (Lipinski definition) is 0. The van der Waals surface area contributed by atoms with Crippen molar-refractivity contribution in [3.8, 4) is 22.3 Å². The van der Waals surface area contributed by atoms with E-state index in [9.17, 15) is 0 Å². The van der Waals surface area contributed by atoms with Gasteiger partial charge < -0.3 is 0 Å². The van der Waals surface area contributed by atoms with Crippen molar-refractivity contribution in [2.45, 2.75) is 46.5 Å². The molecule has 3 rings (SSSR count). The Labute approximate surface area is 152 Å². The Morgan fingerprint density at radius 1 is 0.600 bits per heavy atom. The minimum absolute atomic E-state index is 0.482. The summed E-state index contributed by atoms with van der Waals surface area (Å²) in [7, 11) is 0. The Bertz CT molecular complexity index is 840. The first-order chi connectivity index (χ1) is 12.0. The van der Waals surface area contributed by atoms with E-state index in [0.717, 1.165) is 0 Å². The Balaban J connectivity index is 2.45. The lowest BCUT2D eigenvalue weighted by molar-refractivity contribution is 0.791. The summed E-state index contributed by atoms with van der Waals surface area (Å²) >= 11 is 0. The molecule has 0 aromatic heterocycles. The van der Waals surface area contributed by atoms with Crippen LogP contribution in [-0.2, 0) is 0 Å². The summed E-state index contributed by atoms with van der Waals surface area (Å²) in [6, 6.07) is 24.1. The van der Waals surface area contributed by atoms with Gasteiger partial charge >= 0.3 is 0 Å². The highest BCUT2D eigenvalue weighted by atomic mass is 14.3. The highest BCUT2D eigenvalue weighted by Crippen LogP contribution is 2.43. The molecule has 0 saturated carbocycles. The second-order valence-electron chi connectivity index (χ2n) is 7.49. The second-order valence-corrected chi connectivity index (χ2v) is 7.49. The van der Waals surface area contributed by atoms with Gasteiger partial charge in [-0.05, 0) is 57.7 Å². The third-order valence-electron chi connectivity index (χ3n) is 4.92. The topological polar surface area (TPSA) is 0 Å². The van der Waals surface area contributed by atoms with Crippen LogP contribution in [0.1, 0.15) is 56.2 Å². The largest absolute Gasteiger partial charge is 0.0622 e. The Morgan fingerprint density at radius 3 is 1.52 bits per heavy atom. The van der Waals surface area contributed by atoms with E-state index in [4.69, 9.17) is 0 Å². The van der Waals surface area contributed by atoms with Crippen molar-refractivity contribution in [1.29, 1.82) is 0 Å². The maximum Gasteiger partial charge on any atom is -0.00652 e. The minimum Gasteiger partial charge on any atom is -0.0622 e. The van der Waals surface area contributed by atoms with Crippen LogP contribution < -0.4 is 0 Å². The van der Waals surface area contributed by atoms with Gasteiger partial charge in [0.05, 0.1) is 0 Å². The summed E-state index contributed by atoms with van der Waals surface area (Å²) in [4.78, 5) is 0. The van der Waals surface area contributed by atoms with Crippen LogP contribution in [0.5, 0.6) is 0 Å². The molecule has 128 valence electrons. The van der Waals surface area contributed by atoms with Crippen molar-refractivity contribution >= 4 is 0 Å². The lowest BCUT2D eigenvalue weighted by Crippen LogP contribution is -2.05. The quantitative estimate of drug-likeness (QED) is 0.463. The first-order valence-electron chi connectivity index (χ1n) is 9.29. The van der Waals surface area contributed by atoms with Gasteiger partial charge in [0.25, 0.3) is 0 Å². The molecule has 0 heteroatoms. The summed E-state index contributed by atoms with van der Waals surface area (Å²) in [5.41, 5.74) is 9.73. The van der Waals surface area contributed by atoms with Crippen LogP contribution in [0.3, 0.4) is 0 Å². The van der Waals surface area contributed by atoms with E-state index >= 15 is 0 Å². The number of aryl methyl sites for hydroxylation is 1. The minimum atomic E-state index is 0.482. The molecule has 0 unspecified atom stereocenters. The average Bonchev–Trinajstić information content (AvgIpc) is 2.61. The van der Waals surface area contributed by atoms with Crippen molar-refractivity contribution in [1.82, 2.24) is 0 Å². The van der Waals surface area contributed by atoms with Gasteiger partial charge in [0.2, 0.25) is 0 Å². The normalized spacial score (nSPS) is 11.3. The van der Waals surface area contributed by atoms with Gasteiger partial charge in [0.1, 0.15) is 0 Å². The fraction of sp³-hybridized carbons (Fsp3) is 0.280. The van der Waals surface area contributed by atoms with Crippen LogP contribution in [0.15, 0.2) is 66.7 Å². The molecule has 25 heavy (non-hydrogen) atoms. The smallest absolute Gasteiger partial charge is 0.00652 e. The van der Waals surface area contributed by atoms with Crippen LogP contribution in [-0.4, -0.2) is 0 Å². The van der Waals surface area contributed by atoms with Crippen LogP contribution in [0.2, 0.25) is 0 Å². The number of benzene rings is 3. The Morgan fingerprint density at radius 2 is 1.08 bits per heavy atom. The molecule has 0 heterocycles. The molecule has 0 bridgehead atoms. The molecule has 0 nitrogen and oxygen atoms in total. The van der Waals surface area contributed by atoms with Crippen molar-refractivity contribution in [2.75, 3.05) is 0 Å². The lowest BCUT2D eigenvalue weighted by Gasteiger charge is -2.26. The summed E-state index contributed by atoms with van der Waals surface area (Å²) in [6.07, 6.45) is 0. The standard InChI is InChI=1S/C25H28/c1-17(2)22-16-19(5)24(20-12-8-6-9-13-20)25(23(22)18(3)4)21-14-10-7-11-15-21/h6-18H,1-5H3. The van der Waals surface area contributed by atoms with Crippen LogP contribution in [0.4, 0.5) is 0 Å². The molecular weight excluding hydrogens is 300 g/mol. The van der Waals surface area contributed by atoms with Crippen molar-refractivity contribution < 1.29 is 0 Å². The fourth-order valence-corrected chi connectivity index (χ4v) is 3.84. The molecule has 0 spiro atoms. The van der Waals surface area contributed by atoms with E-state index in [0.29, 0.717) is 11.8 Å². The highest BCUT2D eigenvalue weighted by molar-refractivity contribution is 5.89. The van der Waals surface area contributed by atoms with Gasteiger partial charge in [0.15, 0.2) is 0 Å². The molecule has 0 radical (unpaired) electrons. The first-order valence-corrected chi connectivity index (χ1v) is 9.29. The summed E-state index contributed by atoms with van der Waals surface area (Å²) in [6.45, 7) is 11.5. The van der Waals surface area contributed by atoms with Gasteiger partial charge in [0, 0.05) is 0 Å². The molecule has 0 aliphatic heterocycles. The van der Waals surface area contributed by atoms with E-state index in [1.165, 1.54) is 38.9 Å². The van der Waals surface area contributed by atoms with Crippen molar-refractivity contribution in [3.63, 3.8) is 0 Å². The van der Waals surface area contributed by atoms with Crippen molar-refractivity contribution in [2.24, 2.45) is 0 Å². The number of rotatable bonds is 4. The van der Waals surface area contributed by atoms with Gasteiger partial charge in [-0.3, -0.25) is 0 Å².